The van der Waals surface area contributed by atoms with Crippen LogP contribution < -0.4 is 0 Å². The maximum Gasteiger partial charge on any atom is 0.311 e. The van der Waals surface area contributed by atoms with Crippen LogP contribution in [0.1, 0.15) is 88.0 Å². The highest BCUT2D eigenvalue weighted by atomic mass is 16.6. The Kier molecular flexibility index (Phi) is 9.29. The Bertz CT molecular complexity index is 1090. The molecule has 9 atom stereocenters. The summed E-state index contributed by atoms with van der Waals surface area (Å²) >= 11 is 0. The highest BCUT2D eigenvalue weighted by Gasteiger charge is 2.61. The van der Waals surface area contributed by atoms with E-state index < -0.39 is 83.0 Å². The van der Waals surface area contributed by atoms with E-state index >= 15 is 0 Å². The molecule has 3 rings (SSSR count). The van der Waals surface area contributed by atoms with Crippen molar-refractivity contribution in [2.45, 2.75) is 119 Å². The van der Waals surface area contributed by atoms with Crippen LogP contribution in [0.4, 0.5) is 0 Å². The van der Waals surface area contributed by atoms with Crippen LogP contribution in [0, 0.1) is 28.6 Å². The lowest BCUT2D eigenvalue weighted by Gasteiger charge is -2.58. The molecule has 2 saturated carbocycles. The minimum Gasteiger partial charge on any atom is -0.461 e. The summed E-state index contributed by atoms with van der Waals surface area (Å²) in [5.74, 6) is -3.65. The minimum absolute atomic E-state index is 0.348. The zero-order valence-corrected chi connectivity index (χ0v) is 25.4. The smallest absolute Gasteiger partial charge is 0.311 e. The molecule has 1 N–H and O–H groups in total. The molecule has 0 aromatic rings. The molecule has 9 nitrogen and oxygen atoms in total. The molecule has 0 heterocycles. The van der Waals surface area contributed by atoms with Crippen molar-refractivity contribution in [3.05, 3.63) is 23.3 Å². The predicted octanol–water partition coefficient (Wildman–Crippen LogP) is 4.45. The summed E-state index contributed by atoms with van der Waals surface area (Å²) in [6.45, 7) is 19.6. The lowest BCUT2D eigenvalue weighted by molar-refractivity contribution is -0.189. The molecular weight excluding hydrogens is 516 g/mol. The highest BCUT2D eigenvalue weighted by Crippen LogP contribution is 2.60. The lowest BCUT2D eigenvalue weighted by Crippen LogP contribution is -2.60. The molecule has 224 valence electrons. The van der Waals surface area contributed by atoms with Gasteiger partial charge < -0.3 is 24.1 Å². The van der Waals surface area contributed by atoms with Gasteiger partial charge in [-0.3, -0.25) is 19.2 Å². The van der Waals surface area contributed by atoms with Crippen molar-refractivity contribution in [2.24, 2.45) is 28.6 Å². The maximum absolute atomic E-state index is 13.2. The first-order valence-corrected chi connectivity index (χ1v) is 14.2. The Balaban J connectivity index is 2.27. The highest BCUT2D eigenvalue weighted by molar-refractivity contribution is 5.73. The van der Waals surface area contributed by atoms with Crippen molar-refractivity contribution in [3.63, 3.8) is 0 Å². The zero-order valence-electron chi connectivity index (χ0n) is 25.4. The van der Waals surface area contributed by atoms with E-state index in [9.17, 15) is 24.3 Å². The molecule has 0 amide bonds. The Labute approximate surface area is 237 Å². The molecule has 9 heteroatoms. The molecule has 0 aromatic heterocycles. The predicted molar refractivity (Wildman–Crippen MR) is 147 cm³/mol. The molecule has 0 unspecified atom stereocenters. The van der Waals surface area contributed by atoms with Gasteiger partial charge in [-0.2, -0.15) is 0 Å². The molecule has 3 aliphatic rings. The number of hydrogen-bond donors (Lipinski definition) is 1. The quantitative estimate of drug-likeness (QED) is 0.284. The number of rotatable bonds is 6. The molecule has 2 fully saturated rings. The number of hydrogen-bond acceptors (Lipinski definition) is 9. The number of carbonyl (C=O) groups excluding carboxylic acids is 4. The van der Waals surface area contributed by atoms with E-state index in [0.29, 0.717) is 31.3 Å². The molecule has 0 saturated heterocycles. The van der Waals surface area contributed by atoms with Gasteiger partial charge in [0.25, 0.3) is 0 Å². The molecule has 2 bridgehead atoms. The van der Waals surface area contributed by atoms with Gasteiger partial charge in [-0.15, -0.1) is 0 Å². The summed E-state index contributed by atoms with van der Waals surface area (Å²) in [5.41, 5.74) is 1.23. The number of aliphatic hydroxyl groups excluding tert-OH is 1. The van der Waals surface area contributed by atoms with Crippen LogP contribution in [0.15, 0.2) is 23.3 Å². The standard InChI is InChI=1S/C31H46O9/c1-15-13-23(40-29(36)16(2)18(4)32)27-28(39-21(7)35)26-17(3)22(37-19(5)33)11-12-31(26,10)14-24(38-20(6)34)25(15)30(27,8)9/h16,18,22-24,26-28,32H,3,11-14H2,1-2,4-10H3/t16-,18+,22+,23+,24+,26+,27-,28+,31+/m1/s1. The number of fused-ring (bicyclic) bond motifs is 3. The first-order valence-electron chi connectivity index (χ1n) is 14.2. The zero-order chi connectivity index (χ0) is 30.3. The van der Waals surface area contributed by atoms with Crippen LogP contribution >= 0.6 is 0 Å². The molecule has 0 radical (unpaired) electrons. The van der Waals surface area contributed by atoms with Crippen molar-refractivity contribution < 1.29 is 43.2 Å². The average Bonchev–Trinajstić information content (AvgIpc) is 2.77. The molecule has 0 aliphatic heterocycles. The fourth-order valence-corrected chi connectivity index (χ4v) is 7.60. The fourth-order valence-electron chi connectivity index (χ4n) is 7.60. The summed E-state index contributed by atoms with van der Waals surface area (Å²) in [7, 11) is 0. The first-order chi connectivity index (χ1) is 18.4. The Morgan fingerprint density at radius 3 is 2.00 bits per heavy atom. The van der Waals surface area contributed by atoms with Gasteiger partial charge in [0.2, 0.25) is 0 Å². The molecular formula is C31H46O9. The van der Waals surface area contributed by atoms with E-state index in [-0.39, 0.29) is 0 Å². The summed E-state index contributed by atoms with van der Waals surface area (Å²) < 4.78 is 23.9. The molecule has 3 aliphatic carbocycles. The second kappa shape index (κ2) is 11.7. The van der Waals surface area contributed by atoms with Crippen LogP contribution in [0.5, 0.6) is 0 Å². The maximum atomic E-state index is 13.2. The van der Waals surface area contributed by atoms with Crippen molar-refractivity contribution in [1.82, 2.24) is 0 Å². The molecule has 0 spiro atoms. The van der Waals surface area contributed by atoms with Gasteiger partial charge in [0, 0.05) is 39.0 Å². The van der Waals surface area contributed by atoms with Crippen LogP contribution in [0.2, 0.25) is 0 Å². The number of ether oxygens (including phenoxy) is 4. The second-order valence-corrected chi connectivity index (χ2v) is 12.9. The van der Waals surface area contributed by atoms with Crippen molar-refractivity contribution in [2.75, 3.05) is 0 Å². The van der Waals surface area contributed by atoms with Gasteiger partial charge in [0.1, 0.15) is 24.4 Å². The average molecular weight is 563 g/mol. The Hall–Kier alpha value is -2.68. The topological polar surface area (TPSA) is 125 Å². The summed E-state index contributed by atoms with van der Waals surface area (Å²) in [6.07, 6.45) is -1.55. The van der Waals surface area contributed by atoms with Gasteiger partial charge in [0.05, 0.1) is 12.0 Å². The van der Waals surface area contributed by atoms with E-state index in [0.717, 1.165) is 11.1 Å². The van der Waals surface area contributed by atoms with Crippen LogP contribution in [-0.4, -0.2) is 59.5 Å². The van der Waals surface area contributed by atoms with Crippen molar-refractivity contribution >= 4 is 23.9 Å². The van der Waals surface area contributed by atoms with Gasteiger partial charge in [-0.25, -0.2) is 0 Å². The summed E-state index contributed by atoms with van der Waals surface area (Å²) in [6, 6.07) is 0. The van der Waals surface area contributed by atoms with Crippen LogP contribution in [0.3, 0.4) is 0 Å². The fraction of sp³-hybridized carbons (Fsp3) is 0.742. The largest absolute Gasteiger partial charge is 0.461 e. The lowest BCUT2D eigenvalue weighted by atomic mass is 9.50. The van der Waals surface area contributed by atoms with Crippen LogP contribution in [-0.2, 0) is 38.1 Å². The summed E-state index contributed by atoms with van der Waals surface area (Å²) in [5, 5.41) is 10.1. The van der Waals surface area contributed by atoms with Gasteiger partial charge in [-0.1, -0.05) is 32.9 Å². The third kappa shape index (κ3) is 6.14. The number of aliphatic hydroxyl groups is 1. The SMILES string of the molecule is C=C1[C@@H](OC(C)=O)CC[C@@]2(C)C[C@H](OC(C)=O)C3=C(C)C[C@H](OC(=O)[C@H](C)[C@H](C)O)[C@H]([C@@H](OC(C)=O)[C@H]12)C3(C)C. The number of esters is 4. The van der Waals surface area contributed by atoms with Gasteiger partial charge >= 0.3 is 23.9 Å². The third-order valence-corrected chi connectivity index (χ3v) is 9.37. The Morgan fingerprint density at radius 1 is 0.925 bits per heavy atom. The molecule has 0 aromatic carbocycles. The van der Waals surface area contributed by atoms with Gasteiger partial charge in [-0.05, 0) is 62.0 Å². The van der Waals surface area contributed by atoms with E-state index in [1.807, 2.05) is 20.8 Å². The van der Waals surface area contributed by atoms with Gasteiger partial charge in [0.15, 0.2) is 0 Å². The third-order valence-electron chi connectivity index (χ3n) is 9.37. The monoisotopic (exact) mass is 562 g/mol. The summed E-state index contributed by atoms with van der Waals surface area (Å²) in [4.78, 5) is 50.2. The number of carbonyl (C=O) groups is 4. The van der Waals surface area contributed by atoms with Crippen molar-refractivity contribution in [3.8, 4) is 0 Å². The molecule has 40 heavy (non-hydrogen) atoms. The second-order valence-electron chi connectivity index (χ2n) is 12.9. The van der Waals surface area contributed by atoms with E-state index in [1.165, 1.54) is 27.7 Å². The van der Waals surface area contributed by atoms with Crippen LogP contribution in [0.25, 0.3) is 0 Å². The Morgan fingerprint density at radius 2 is 1.48 bits per heavy atom. The van der Waals surface area contributed by atoms with E-state index in [2.05, 4.69) is 13.5 Å². The minimum atomic E-state index is -0.905. The van der Waals surface area contributed by atoms with E-state index in [1.54, 1.807) is 6.92 Å². The normalized spacial score (nSPS) is 34.8. The van der Waals surface area contributed by atoms with Crippen molar-refractivity contribution in [1.29, 1.82) is 0 Å². The van der Waals surface area contributed by atoms with E-state index in [4.69, 9.17) is 18.9 Å². The first kappa shape index (κ1) is 31.8.